The second-order valence-electron chi connectivity index (χ2n) is 13.2. The number of carbonyl (C=O) groups excluding carboxylic acids is 1. The molecule has 52 heavy (non-hydrogen) atoms. The lowest BCUT2D eigenvalue weighted by Gasteiger charge is -2.37. The minimum atomic E-state index is -4.62. The predicted molar refractivity (Wildman–Crippen MR) is 188 cm³/mol. The monoisotopic (exact) mass is 757 g/mol. The molecule has 2 aromatic carbocycles. The molecule has 0 bridgehead atoms. The second kappa shape index (κ2) is 14.0. The van der Waals surface area contributed by atoms with Crippen LogP contribution in [0.25, 0.3) is 0 Å². The number of amides is 1. The highest BCUT2D eigenvalue weighted by Crippen LogP contribution is 2.48. The van der Waals surface area contributed by atoms with Crippen LogP contribution in [0, 0.1) is 0 Å². The number of alkyl halides is 3. The van der Waals surface area contributed by atoms with Gasteiger partial charge in [0.2, 0.25) is 21.9 Å². The average Bonchev–Trinajstić information content (AvgIpc) is 4.06. The first-order valence-corrected chi connectivity index (χ1v) is 18.5. The molecule has 7 rings (SSSR count). The summed E-state index contributed by atoms with van der Waals surface area (Å²) in [6, 6.07) is 16.4. The van der Waals surface area contributed by atoms with E-state index in [4.69, 9.17) is 16.3 Å². The van der Waals surface area contributed by atoms with E-state index in [1.807, 2.05) is 24.3 Å². The molecule has 1 saturated heterocycles. The molecule has 3 fully saturated rings. The van der Waals surface area contributed by atoms with Crippen molar-refractivity contribution in [3.05, 3.63) is 89.2 Å². The number of nitrogens with zero attached hydrogens (tertiary/aromatic N) is 6. The standard InChI is InChI=1S/C34H35ClF3N9O4S/c35-25-5-3-24(4-6-25)33(13-14-33)44-30-41-29(42-31(43-30)51-22-34(36,37)38)40-26-7-1-23(2-8-26)28(48)45-52(49,50)32(11-12-32)21-46-17-19-47(20-18-46)27-9-15-39-16-10-27/h1-10,15-16H,11-14,17-22H2,(H,45,48)(H2,40,41,42,43,44). The highest BCUT2D eigenvalue weighted by Gasteiger charge is 2.56. The molecule has 2 aliphatic carbocycles. The smallest absolute Gasteiger partial charge is 0.422 e. The minimum Gasteiger partial charge on any atom is -0.454 e. The Hall–Kier alpha value is -4.74. The van der Waals surface area contributed by atoms with Crippen LogP contribution >= 0.6 is 11.6 Å². The van der Waals surface area contributed by atoms with Gasteiger partial charge in [0.25, 0.3) is 5.91 Å². The molecule has 0 unspecified atom stereocenters. The Morgan fingerprint density at radius 3 is 2.13 bits per heavy atom. The number of halogens is 4. The zero-order valence-corrected chi connectivity index (χ0v) is 29.3. The summed E-state index contributed by atoms with van der Waals surface area (Å²) in [6.45, 7) is 1.62. The molecule has 3 heterocycles. The Kier molecular flexibility index (Phi) is 9.60. The largest absolute Gasteiger partial charge is 0.454 e. The van der Waals surface area contributed by atoms with Crippen LogP contribution < -0.4 is 25.0 Å². The number of piperazine rings is 1. The summed E-state index contributed by atoms with van der Waals surface area (Å²) in [4.78, 5) is 33.9. The van der Waals surface area contributed by atoms with Crippen molar-refractivity contribution in [2.24, 2.45) is 0 Å². The fourth-order valence-corrected chi connectivity index (χ4v) is 7.87. The third-order valence-corrected chi connectivity index (χ3v) is 11.8. The SMILES string of the molecule is O=C(NS(=O)(=O)C1(CN2CCN(c3ccncc3)CC2)CC1)c1ccc(Nc2nc(NC3(c4ccc(Cl)cc4)CC3)nc(OCC(F)(F)F)n2)cc1. The lowest BCUT2D eigenvalue weighted by Crippen LogP contribution is -2.52. The van der Waals surface area contributed by atoms with Gasteiger partial charge in [-0.25, -0.2) is 13.1 Å². The first-order chi connectivity index (χ1) is 24.8. The summed E-state index contributed by atoms with van der Waals surface area (Å²) >= 11 is 6.04. The summed E-state index contributed by atoms with van der Waals surface area (Å²) in [5.41, 5.74) is 1.92. The van der Waals surface area contributed by atoms with Crippen LogP contribution in [0.2, 0.25) is 5.02 Å². The van der Waals surface area contributed by atoms with Crippen LogP contribution in [0.1, 0.15) is 41.6 Å². The molecule has 13 nitrogen and oxygen atoms in total. The average molecular weight is 758 g/mol. The molecule has 274 valence electrons. The minimum absolute atomic E-state index is 0.00652. The van der Waals surface area contributed by atoms with Crippen LogP contribution in [0.3, 0.4) is 0 Å². The molecule has 0 atom stereocenters. The number of aromatic nitrogens is 4. The lowest BCUT2D eigenvalue weighted by atomic mass is 10.1. The first-order valence-electron chi connectivity index (χ1n) is 16.6. The maximum atomic E-state index is 13.4. The van der Waals surface area contributed by atoms with Gasteiger partial charge in [-0.2, -0.15) is 28.1 Å². The van der Waals surface area contributed by atoms with Gasteiger partial charge < -0.3 is 20.3 Å². The van der Waals surface area contributed by atoms with Crippen molar-refractivity contribution >= 4 is 50.8 Å². The van der Waals surface area contributed by atoms with Crippen molar-refractivity contribution in [3.63, 3.8) is 0 Å². The second-order valence-corrected chi connectivity index (χ2v) is 15.7. The highest BCUT2D eigenvalue weighted by atomic mass is 35.5. The third kappa shape index (κ3) is 8.32. The number of nitrogens with one attached hydrogen (secondary N) is 3. The number of benzene rings is 2. The van der Waals surface area contributed by atoms with Crippen molar-refractivity contribution in [2.45, 2.75) is 42.1 Å². The number of sulfonamides is 1. The van der Waals surface area contributed by atoms with Crippen LogP contribution in [-0.2, 0) is 15.6 Å². The Bertz CT molecular complexity index is 2010. The number of anilines is 4. The topological polar surface area (TPSA) is 155 Å². The number of hydrogen-bond donors (Lipinski definition) is 3. The summed E-state index contributed by atoms with van der Waals surface area (Å²) in [5.74, 6) is -0.890. The van der Waals surface area contributed by atoms with Gasteiger partial charge in [0.15, 0.2) is 6.61 Å². The van der Waals surface area contributed by atoms with Gasteiger partial charge in [-0.15, -0.1) is 0 Å². The molecular formula is C34H35ClF3N9O4S. The Balaban J connectivity index is 0.990. The molecule has 2 saturated carbocycles. The van der Waals surface area contributed by atoms with E-state index in [-0.39, 0.29) is 17.5 Å². The van der Waals surface area contributed by atoms with E-state index in [0.717, 1.165) is 37.2 Å². The Morgan fingerprint density at radius 2 is 1.52 bits per heavy atom. The van der Waals surface area contributed by atoms with Gasteiger partial charge in [0.05, 0.1) is 5.54 Å². The van der Waals surface area contributed by atoms with Crippen molar-refractivity contribution in [1.82, 2.24) is 29.6 Å². The molecule has 4 aromatic rings. The zero-order chi connectivity index (χ0) is 36.6. The van der Waals surface area contributed by atoms with Crippen molar-refractivity contribution < 1.29 is 31.1 Å². The van der Waals surface area contributed by atoms with E-state index in [1.54, 1.807) is 24.5 Å². The number of hydrogen-bond acceptors (Lipinski definition) is 12. The summed E-state index contributed by atoms with van der Waals surface area (Å²) < 4.78 is 71.8. The van der Waals surface area contributed by atoms with Crippen LogP contribution in [0.5, 0.6) is 6.01 Å². The van der Waals surface area contributed by atoms with Crippen LogP contribution in [0.4, 0.5) is 36.4 Å². The predicted octanol–water partition coefficient (Wildman–Crippen LogP) is 5.12. The molecule has 1 aliphatic heterocycles. The highest BCUT2D eigenvalue weighted by molar-refractivity contribution is 7.91. The fraction of sp³-hybridized carbons (Fsp3) is 0.382. The summed E-state index contributed by atoms with van der Waals surface area (Å²) in [5, 5.41) is 6.67. The van der Waals surface area contributed by atoms with Gasteiger partial charge in [0, 0.05) is 67.1 Å². The maximum absolute atomic E-state index is 13.4. The number of carbonyl (C=O) groups is 1. The van der Waals surface area contributed by atoms with Gasteiger partial charge in [-0.1, -0.05) is 23.7 Å². The Labute approximate surface area is 303 Å². The molecule has 3 aliphatic rings. The van der Waals surface area contributed by atoms with Gasteiger partial charge in [0.1, 0.15) is 4.75 Å². The molecule has 0 radical (unpaired) electrons. The summed E-state index contributed by atoms with van der Waals surface area (Å²) in [6.07, 6.45) is 1.25. The molecule has 0 spiro atoms. The van der Waals surface area contributed by atoms with E-state index in [1.165, 1.54) is 24.3 Å². The van der Waals surface area contributed by atoms with E-state index in [9.17, 15) is 26.4 Å². The first kappa shape index (κ1) is 35.7. The number of rotatable bonds is 13. The Morgan fingerprint density at radius 1 is 0.865 bits per heavy atom. The van der Waals surface area contributed by atoms with E-state index in [2.05, 4.69) is 45.1 Å². The third-order valence-electron chi connectivity index (χ3n) is 9.40. The van der Waals surface area contributed by atoms with Crippen LogP contribution in [0.15, 0.2) is 73.1 Å². The molecule has 2 aromatic heterocycles. The molecule has 1 amide bonds. The van der Waals surface area contributed by atoms with Crippen LogP contribution in [-0.4, -0.2) is 89.4 Å². The molecule has 3 N–H and O–H groups in total. The van der Waals surface area contributed by atoms with Crippen molar-refractivity contribution in [3.8, 4) is 6.01 Å². The normalized spacial score (nSPS) is 18.0. The lowest BCUT2D eigenvalue weighted by molar-refractivity contribution is -0.154. The van der Waals surface area contributed by atoms with E-state index >= 15 is 0 Å². The summed E-state index contributed by atoms with van der Waals surface area (Å²) in [7, 11) is -3.99. The van der Waals surface area contributed by atoms with Gasteiger partial charge in [-0.05, 0) is 79.8 Å². The number of pyridine rings is 1. The van der Waals surface area contributed by atoms with Gasteiger partial charge >= 0.3 is 12.2 Å². The fourth-order valence-electron chi connectivity index (χ4n) is 6.17. The van der Waals surface area contributed by atoms with Crippen molar-refractivity contribution in [1.29, 1.82) is 0 Å². The molecule has 18 heteroatoms. The van der Waals surface area contributed by atoms with E-state index in [0.29, 0.717) is 43.2 Å². The zero-order valence-electron chi connectivity index (χ0n) is 27.7. The quantitative estimate of drug-likeness (QED) is 0.166. The van der Waals surface area contributed by atoms with Crippen molar-refractivity contribution in [2.75, 3.05) is 54.9 Å². The number of ether oxygens (including phenoxy) is 1. The van der Waals surface area contributed by atoms with E-state index < -0.39 is 45.0 Å². The van der Waals surface area contributed by atoms with Gasteiger partial charge in [-0.3, -0.25) is 14.7 Å². The molecular weight excluding hydrogens is 723 g/mol. The maximum Gasteiger partial charge on any atom is 0.422 e.